The van der Waals surface area contributed by atoms with Gasteiger partial charge in [0.05, 0.1) is 17.6 Å². The predicted octanol–water partition coefficient (Wildman–Crippen LogP) is 2.73. The van der Waals surface area contributed by atoms with E-state index in [0.29, 0.717) is 0 Å². The lowest BCUT2D eigenvalue weighted by atomic mass is 10.3. The number of aromatic amines is 1. The van der Waals surface area contributed by atoms with Crippen molar-refractivity contribution in [2.75, 3.05) is 19.8 Å². The molecule has 1 aromatic carbocycles. The molecule has 0 spiro atoms. The minimum absolute atomic E-state index is 0.724. The molecule has 4 nitrogen and oxygen atoms in total. The zero-order chi connectivity index (χ0) is 12.8. The van der Waals surface area contributed by atoms with Gasteiger partial charge in [-0.1, -0.05) is 11.6 Å². The van der Waals surface area contributed by atoms with Crippen molar-refractivity contribution < 1.29 is 4.74 Å². The number of benzene rings is 1. The van der Waals surface area contributed by atoms with Crippen molar-refractivity contribution >= 4 is 22.6 Å². The summed E-state index contributed by atoms with van der Waals surface area (Å²) in [5.74, 6) is 0.934. The van der Waals surface area contributed by atoms with Gasteiger partial charge in [-0.2, -0.15) is 0 Å². The molecule has 5 heteroatoms. The molecule has 2 aromatic rings. The van der Waals surface area contributed by atoms with E-state index in [2.05, 4.69) is 15.3 Å². The summed E-state index contributed by atoms with van der Waals surface area (Å²) < 4.78 is 5.27. The van der Waals surface area contributed by atoms with Crippen LogP contribution in [-0.4, -0.2) is 29.7 Å². The van der Waals surface area contributed by atoms with E-state index in [1.165, 1.54) is 0 Å². The van der Waals surface area contributed by atoms with Crippen LogP contribution in [-0.2, 0) is 11.3 Å². The summed E-state index contributed by atoms with van der Waals surface area (Å²) in [5.41, 5.74) is 1.93. The van der Waals surface area contributed by atoms with Gasteiger partial charge in [-0.15, -0.1) is 0 Å². The molecule has 0 saturated heterocycles. The van der Waals surface area contributed by atoms with Crippen molar-refractivity contribution in [3.63, 3.8) is 0 Å². The normalized spacial score (nSPS) is 11.2. The first kappa shape index (κ1) is 13.3. The molecule has 0 fully saturated rings. The van der Waals surface area contributed by atoms with Crippen molar-refractivity contribution in [3.05, 3.63) is 29.0 Å². The summed E-state index contributed by atoms with van der Waals surface area (Å²) in [4.78, 5) is 7.73. The van der Waals surface area contributed by atoms with Crippen LogP contribution >= 0.6 is 11.6 Å². The second kappa shape index (κ2) is 6.73. The van der Waals surface area contributed by atoms with Crippen LogP contribution in [0.5, 0.6) is 0 Å². The second-order valence-electron chi connectivity index (χ2n) is 4.07. The smallest absolute Gasteiger partial charge is 0.121 e. The van der Waals surface area contributed by atoms with Gasteiger partial charge in [0.15, 0.2) is 0 Å². The van der Waals surface area contributed by atoms with E-state index in [1.807, 2.05) is 25.1 Å². The fourth-order valence-corrected chi connectivity index (χ4v) is 1.94. The molecule has 0 bridgehead atoms. The highest BCUT2D eigenvalue weighted by atomic mass is 35.5. The van der Waals surface area contributed by atoms with Crippen molar-refractivity contribution in [3.8, 4) is 0 Å². The molecule has 0 aliphatic rings. The Morgan fingerprint density at radius 2 is 2.33 bits per heavy atom. The molecular weight excluding hydrogens is 250 g/mol. The van der Waals surface area contributed by atoms with E-state index < -0.39 is 0 Å². The minimum Gasteiger partial charge on any atom is -0.382 e. The SMILES string of the molecule is CCOCCCNCc1nc2ccc(Cl)cc2[nH]1. The van der Waals surface area contributed by atoms with Crippen LogP contribution in [0.4, 0.5) is 0 Å². The van der Waals surface area contributed by atoms with Gasteiger partial charge in [0.2, 0.25) is 0 Å². The Morgan fingerprint density at radius 3 is 3.17 bits per heavy atom. The van der Waals surface area contributed by atoms with Crippen LogP contribution in [0.2, 0.25) is 5.02 Å². The second-order valence-corrected chi connectivity index (χ2v) is 4.51. The van der Waals surface area contributed by atoms with Gasteiger partial charge in [0.25, 0.3) is 0 Å². The monoisotopic (exact) mass is 267 g/mol. The van der Waals surface area contributed by atoms with E-state index in [-0.39, 0.29) is 0 Å². The molecule has 0 saturated carbocycles. The highest BCUT2D eigenvalue weighted by Crippen LogP contribution is 2.16. The number of rotatable bonds is 7. The summed E-state index contributed by atoms with van der Waals surface area (Å²) in [6, 6.07) is 5.67. The quantitative estimate of drug-likeness (QED) is 0.759. The maximum atomic E-state index is 5.93. The van der Waals surface area contributed by atoms with Crippen molar-refractivity contribution in [2.24, 2.45) is 0 Å². The molecular formula is C13H18ClN3O. The number of hydrogen-bond donors (Lipinski definition) is 2. The van der Waals surface area contributed by atoms with Crippen LogP contribution in [0.15, 0.2) is 18.2 Å². The first-order valence-corrected chi connectivity index (χ1v) is 6.60. The van der Waals surface area contributed by atoms with Gasteiger partial charge in [-0.3, -0.25) is 0 Å². The Hall–Kier alpha value is -1.10. The largest absolute Gasteiger partial charge is 0.382 e. The van der Waals surface area contributed by atoms with E-state index in [4.69, 9.17) is 16.3 Å². The molecule has 0 atom stereocenters. The van der Waals surface area contributed by atoms with E-state index >= 15 is 0 Å². The summed E-state index contributed by atoms with van der Waals surface area (Å²) >= 11 is 5.93. The summed E-state index contributed by atoms with van der Waals surface area (Å²) in [7, 11) is 0. The first-order valence-electron chi connectivity index (χ1n) is 6.22. The molecule has 1 aromatic heterocycles. The van der Waals surface area contributed by atoms with Gasteiger partial charge < -0.3 is 15.0 Å². The number of fused-ring (bicyclic) bond motifs is 1. The first-order chi connectivity index (χ1) is 8.79. The van der Waals surface area contributed by atoms with Crippen LogP contribution < -0.4 is 5.32 Å². The summed E-state index contributed by atoms with van der Waals surface area (Å²) in [5, 5.41) is 4.05. The number of imidazole rings is 1. The van der Waals surface area contributed by atoms with Crippen LogP contribution in [0, 0.1) is 0 Å². The highest BCUT2D eigenvalue weighted by Gasteiger charge is 2.02. The number of H-pyrrole nitrogens is 1. The third-order valence-electron chi connectivity index (χ3n) is 2.63. The molecule has 1 heterocycles. The van der Waals surface area contributed by atoms with Gasteiger partial charge in [-0.25, -0.2) is 4.98 Å². The van der Waals surface area contributed by atoms with Crippen LogP contribution in [0.1, 0.15) is 19.2 Å². The topological polar surface area (TPSA) is 49.9 Å². The van der Waals surface area contributed by atoms with Gasteiger partial charge in [-0.05, 0) is 38.1 Å². The molecule has 0 aliphatic carbocycles. The lowest BCUT2D eigenvalue weighted by Crippen LogP contribution is -2.17. The average Bonchev–Trinajstić information content (AvgIpc) is 2.75. The fraction of sp³-hybridized carbons (Fsp3) is 0.462. The molecule has 0 radical (unpaired) electrons. The zero-order valence-corrected chi connectivity index (χ0v) is 11.3. The molecule has 18 heavy (non-hydrogen) atoms. The molecule has 0 unspecified atom stereocenters. The summed E-state index contributed by atoms with van der Waals surface area (Å²) in [6.07, 6.45) is 1.01. The van der Waals surface area contributed by atoms with Crippen molar-refractivity contribution in [1.82, 2.24) is 15.3 Å². The molecule has 2 N–H and O–H groups in total. The number of nitrogens with one attached hydrogen (secondary N) is 2. The average molecular weight is 268 g/mol. The Morgan fingerprint density at radius 1 is 1.44 bits per heavy atom. The minimum atomic E-state index is 0.724. The highest BCUT2D eigenvalue weighted by molar-refractivity contribution is 6.31. The fourth-order valence-electron chi connectivity index (χ4n) is 1.77. The third-order valence-corrected chi connectivity index (χ3v) is 2.87. The van der Waals surface area contributed by atoms with Crippen LogP contribution in [0.25, 0.3) is 11.0 Å². The Balaban J connectivity index is 1.81. The Kier molecular flexibility index (Phi) is 4.99. The van der Waals surface area contributed by atoms with Gasteiger partial charge in [0, 0.05) is 18.2 Å². The van der Waals surface area contributed by atoms with Crippen LogP contribution in [0.3, 0.4) is 0 Å². The Labute approximate surface area is 112 Å². The molecule has 0 aliphatic heterocycles. The number of nitrogens with zero attached hydrogens (tertiary/aromatic N) is 1. The van der Waals surface area contributed by atoms with Gasteiger partial charge in [0.1, 0.15) is 5.82 Å². The summed E-state index contributed by atoms with van der Waals surface area (Å²) in [6.45, 7) is 5.26. The lowest BCUT2D eigenvalue weighted by molar-refractivity contribution is 0.144. The number of hydrogen-bond acceptors (Lipinski definition) is 3. The van der Waals surface area contributed by atoms with E-state index in [0.717, 1.165) is 54.6 Å². The lowest BCUT2D eigenvalue weighted by Gasteiger charge is -2.02. The molecule has 98 valence electrons. The Bertz CT molecular complexity index is 498. The van der Waals surface area contributed by atoms with E-state index in [9.17, 15) is 0 Å². The van der Waals surface area contributed by atoms with Crippen molar-refractivity contribution in [1.29, 1.82) is 0 Å². The standard InChI is InChI=1S/C13H18ClN3O/c1-2-18-7-3-6-15-9-13-16-11-5-4-10(14)8-12(11)17-13/h4-5,8,15H,2-3,6-7,9H2,1H3,(H,16,17). The number of aromatic nitrogens is 2. The molecule has 0 amide bonds. The maximum Gasteiger partial charge on any atom is 0.121 e. The van der Waals surface area contributed by atoms with Gasteiger partial charge >= 0.3 is 0 Å². The van der Waals surface area contributed by atoms with E-state index in [1.54, 1.807) is 0 Å². The zero-order valence-electron chi connectivity index (χ0n) is 10.5. The maximum absolute atomic E-state index is 5.93. The number of ether oxygens (including phenoxy) is 1. The predicted molar refractivity (Wildman–Crippen MR) is 73.9 cm³/mol. The number of halogens is 1. The molecule has 2 rings (SSSR count). The van der Waals surface area contributed by atoms with Crippen molar-refractivity contribution in [2.45, 2.75) is 19.9 Å². The third kappa shape index (κ3) is 3.70.